The van der Waals surface area contributed by atoms with Gasteiger partial charge in [-0.1, -0.05) is 18.2 Å². The Kier molecular flexibility index (Phi) is 2.98. The van der Waals surface area contributed by atoms with E-state index in [4.69, 9.17) is 5.11 Å². The minimum atomic E-state index is -0.760. The van der Waals surface area contributed by atoms with E-state index in [1.54, 1.807) is 0 Å². The number of benzene rings is 1. The van der Waals surface area contributed by atoms with Gasteiger partial charge in [-0.3, -0.25) is 9.59 Å². The molecule has 100 valence electrons. The first-order valence-electron chi connectivity index (χ1n) is 6.53. The summed E-state index contributed by atoms with van der Waals surface area (Å²) in [6, 6.07) is 5.96. The lowest BCUT2D eigenvalue weighted by Crippen LogP contribution is -2.23. The van der Waals surface area contributed by atoms with E-state index in [1.165, 1.54) is 0 Å². The number of para-hydroxylation sites is 1. The molecule has 3 rings (SSSR count). The molecule has 2 heterocycles. The highest BCUT2D eigenvalue weighted by molar-refractivity contribution is 5.95. The molecule has 2 aliphatic rings. The van der Waals surface area contributed by atoms with Gasteiger partial charge in [-0.2, -0.15) is 0 Å². The topological polar surface area (TPSA) is 78.4 Å². The van der Waals surface area contributed by atoms with Crippen molar-refractivity contribution in [2.75, 3.05) is 11.9 Å². The smallest absolute Gasteiger partial charge is 0.307 e. The molecule has 1 amide bonds. The molecule has 2 aliphatic heterocycles. The maximum atomic E-state index is 11.5. The number of rotatable bonds is 2. The van der Waals surface area contributed by atoms with Crippen molar-refractivity contribution in [3.8, 4) is 0 Å². The fourth-order valence-corrected chi connectivity index (χ4v) is 2.88. The van der Waals surface area contributed by atoms with Crippen molar-refractivity contribution in [1.29, 1.82) is 0 Å². The average Bonchev–Trinajstić information content (AvgIpc) is 2.87. The molecule has 1 saturated heterocycles. The SMILES string of the molecule is O=C1CCc2cccc(C3CC(C(=O)O)CN3)c2N1. The molecule has 5 nitrogen and oxygen atoms in total. The van der Waals surface area contributed by atoms with Gasteiger partial charge < -0.3 is 15.7 Å². The minimum Gasteiger partial charge on any atom is -0.481 e. The van der Waals surface area contributed by atoms with Crippen LogP contribution in [-0.4, -0.2) is 23.5 Å². The van der Waals surface area contributed by atoms with Crippen LogP contribution < -0.4 is 10.6 Å². The van der Waals surface area contributed by atoms with Gasteiger partial charge in [-0.15, -0.1) is 0 Å². The molecule has 19 heavy (non-hydrogen) atoms. The summed E-state index contributed by atoms with van der Waals surface area (Å²) in [6.07, 6.45) is 1.85. The van der Waals surface area contributed by atoms with Crippen molar-refractivity contribution in [2.45, 2.75) is 25.3 Å². The third kappa shape index (κ3) is 2.21. The van der Waals surface area contributed by atoms with Crippen LogP contribution in [0.1, 0.15) is 30.0 Å². The van der Waals surface area contributed by atoms with Crippen LogP contribution in [-0.2, 0) is 16.0 Å². The predicted molar refractivity (Wildman–Crippen MR) is 69.9 cm³/mol. The fraction of sp³-hybridized carbons (Fsp3) is 0.429. The quantitative estimate of drug-likeness (QED) is 0.749. The average molecular weight is 260 g/mol. The monoisotopic (exact) mass is 260 g/mol. The van der Waals surface area contributed by atoms with Crippen molar-refractivity contribution in [3.63, 3.8) is 0 Å². The van der Waals surface area contributed by atoms with Crippen molar-refractivity contribution in [2.24, 2.45) is 5.92 Å². The van der Waals surface area contributed by atoms with Crippen LogP contribution in [0.2, 0.25) is 0 Å². The highest BCUT2D eigenvalue weighted by atomic mass is 16.4. The van der Waals surface area contributed by atoms with Crippen LogP contribution in [0.25, 0.3) is 0 Å². The summed E-state index contributed by atoms with van der Waals surface area (Å²) in [4.78, 5) is 22.5. The summed E-state index contributed by atoms with van der Waals surface area (Å²) in [6.45, 7) is 0.484. The Morgan fingerprint density at radius 1 is 1.32 bits per heavy atom. The lowest BCUT2D eigenvalue weighted by atomic mass is 9.93. The van der Waals surface area contributed by atoms with E-state index in [9.17, 15) is 9.59 Å². The van der Waals surface area contributed by atoms with Crippen LogP contribution in [0.15, 0.2) is 18.2 Å². The molecule has 3 N–H and O–H groups in total. The number of carboxylic acid groups (broad SMARTS) is 1. The van der Waals surface area contributed by atoms with E-state index in [1.807, 2.05) is 18.2 Å². The number of carboxylic acids is 1. The van der Waals surface area contributed by atoms with Crippen molar-refractivity contribution in [3.05, 3.63) is 29.3 Å². The van der Waals surface area contributed by atoms with Gasteiger partial charge in [-0.25, -0.2) is 0 Å². The van der Waals surface area contributed by atoms with E-state index in [-0.39, 0.29) is 17.9 Å². The Hall–Kier alpha value is -1.88. The van der Waals surface area contributed by atoms with E-state index >= 15 is 0 Å². The van der Waals surface area contributed by atoms with E-state index < -0.39 is 5.97 Å². The summed E-state index contributed by atoms with van der Waals surface area (Å²) in [5.74, 6) is -1.07. The first-order valence-corrected chi connectivity index (χ1v) is 6.53. The Labute approximate surface area is 111 Å². The molecule has 0 bridgehead atoms. The molecule has 1 aromatic rings. The molecule has 0 radical (unpaired) electrons. The molecule has 0 aliphatic carbocycles. The summed E-state index contributed by atoms with van der Waals surface area (Å²) >= 11 is 0. The first kappa shape index (κ1) is 12.2. The van der Waals surface area contributed by atoms with E-state index in [0.717, 1.165) is 23.2 Å². The number of fused-ring (bicyclic) bond motifs is 1. The molecular formula is C14H16N2O3. The van der Waals surface area contributed by atoms with Gasteiger partial charge in [0.1, 0.15) is 0 Å². The van der Waals surface area contributed by atoms with Crippen LogP contribution in [0.5, 0.6) is 0 Å². The summed E-state index contributed by atoms with van der Waals surface area (Å²) in [5, 5.41) is 15.2. The zero-order chi connectivity index (χ0) is 13.4. The standard InChI is InChI=1S/C14H16N2O3/c17-12-5-4-8-2-1-3-10(13(8)16-12)11-6-9(7-15-11)14(18)19/h1-3,9,11,15H,4-7H2,(H,16,17)(H,18,19). The molecule has 5 heteroatoms. The zero-order valence-electron chi connectivity index (χ0n) is 10.5. The lowest BCUT2D eigenvalue weighted by Gasteiger charge is -2.23. The minimum absolute atomic E-state index is 0.00875. The number of hydrogen-bond donors (Lipinski definition) is 3. The molecule has 1 fully saturated rings. The number of anilines is 1. The molecule has 0 spiro atoms. The number of nitrogens with one attached hydrogen (secondary N) is 2. The van der Waals surface area contributed by atoms with Crippen molar-refractivity contribution >= 4 is 17.6 Å². The summed E-state index contributed by atoms with van der Waals surface area (Å²) < 4.78 is 0. The first-order chi connectivity index (χ1) is 9.15. The number of aryl methyl sites for hydroxylation is 1. The van der Waals surface area contributed by atoms with Crippen molar-refractivity contribution in [1.82, 2.24) is 5.32 Å². The largest absolute Gasteiger partial charge is 0.481 e. The van der Waals surface area contributed by atoms with Gasteiger partial charge in [0.15, 0.2) is 0 Å². The van der Waals surface area contributed by atoms with Gasteiger partial charge >= 0.3 is 5.97 Å². The Bertz CT molecular complexity index is 541. The number of hydrogen-bond acceptors (Lipinski definition) is 3. The van der Waals surface area contributed by atoms with Crippen molar-refractivity contribution < 1.29 is 14.7 Å². The Morgan fingerprint density at radius 3 is 2.89 bits per heavy atom. The predicted octanol–water partition coefficient (Wildman–Crippen LogP) is 1.31. The second-order valence-corrected chi connectivity index (χ2v) is 5.16. The number of amides is 1. The second kappa shape index (κ2) is 4.66. The maximum absolute atomic E-state index is 11.5. The molecule has 0 saturated carbocycles. The van der Waals surface area contributed by atoms with Crippen LogP contribution >= 0.6 is 0 Å². The van der Waals surface area contributed by atoms with E-state index in [0.29, 0.717) is 19.4 Å². The summed E-state index contributed by atoms with van der Waals surface area (Å²) in [5.41, 5.74) is 3.02. The molecule has 0 aromatic heterocycles. The van der Waals surface area contributed by atoms with Gasteiger partial charge in [0.25, 0.3) is 0 Å². The highest BCUT2D eigenvalue weighted by Gasteiger charge is 2.32. The normalized spacial score (nSPS) is 25.8. The fourth-order valence-electron chi connectivity index (χ4n) is 2.88. The van der Waals surface area contributed by atoms with Crippen LogP contribution in [0.3, 0.4) is 0 Å². The third-order valence-corrected chi connectivity index (χ3v) is 3.92. The maximum Gasteiger partial charge on any atom is 0.307 e. The van der Waals surface area contributed by atoms with E-state index in [2.05, 4.69) is 10.6 Å². The Balaban J connectivity index is 1.90. The Morgan fingerprint density at radius 2 is 2.16 bits per heavy atom. The molecule has 2 atom stereocenters. The molecular weight excluding hydrogens is 244 g/mol. The second-order valence-electron chi connectivity index (χ2n) is 5.16. The van der Waals surface area contributed by atoms with Crippen LogP contribution in [0, 0.1) is 5.92 Å². The molecule has 1 aromatic carbocycles. The molecule has 2 unspecified atom stereocenters. The number of carbonyl (C=O) groups is 2. The lowest BCUT2D eigenvalue weighted by molar-refractivity contribution is -0.141. The van der Waals surface area contributed by atoms with Gasteiger partial charge in [-0.05, 0) is 24.0 Å². The number of carbonyl (C=O) groups excluding carboxylic acids is 1. The van der Waals surface area contributed by atoms with Gasteiger partial charge in [0, 0.05) is 24.7 Å². The zero-order valence-corrected chi connectivity index (χ0v) is 10.5. The van der Waals surface area contributed by atoms with Gasteiger partial charge in [0.05, 0.1) is 5.92 Å². The van der Waals surface area contributed by atoms with Crippen LogP contribution in [0.4, 0.5) is 5.69 Å². The summed E-state index contributed by atoms with van der Waals surface area (Å²) in [7, 11) is 0. The van der Waals surface area contributed by atoms with Gasteiger partial charge in [0.2, 0.25) is 5.91 Å². The highest BCUT2D eigenvalue weighted by Crippen LogP contribution is 2.35. The number of aliphatic carboxylic acids is 1. The third-order valence-electron chi connectivity index (χ3n) is 3.92.